The summed E-state index contributed by atoms with van der Waals surface area (Å²) in [6.07, 6.45) is 0. The molecule has 0 aliphatic carbocycles. The molecule has 4 nitrogen and oxygen atoms in total. The molecule has 0 bridgehead atoms. The lowest BCUT2D eigenvalue weighted by molar-refractivity contribution is 0.102. The number of hydrogen-bond donors (Lipinski definition) is 1. The molecule has 0 unspecified atom stereocenters. The Labute approximate surface area is 162 Å². The Kier molecular flexibility index (Phi) is 5.91. The molecule has 1 aromatic heterocycles. The molecule has 0 aliphatic heterocycles. The van der Waals surface area contributed by atoms with Crippen molar-refractivity contribution in [2.45, 2.75) is 13.8 Å². The molecule has 0 saturated carbocycles. The van der Waals surface area contributed by atoms with Gasteiger partial charge in [-0.3, -0.25) is 4.79 Å². The summed E-state index contributed by atoms with van der Waals surface area (Å²) in [5.41, 5.74) is 3.24. The predicted octanol–water partition coefficient (Wildman–Crippen LogP) is 5.56. The van der Waals surface area contributed by atoms with Gasteiger partial charge in [-0.1, -0.05) is 29.8 Å². The van der Waals surface area contributed by atoms with Crippen molar-refractivity contribution in [1.29, 1.82) is 0 Å². The van der Waals surface area contributed by atoms with E-state index in [9.17, 15) is 4.79 Å². The number of benzene rings is 2. The molecule has 134 valence electrons. The van der Waals surface area contributed by atoms with E-state index in [0.717, 1.165) is 35.2 Å². The monoisotopic (exact) mass is 385 g/mol. The maximum Gasteiger partial charge on any atom is 0.255 e. The Bertz CT molecular complexity index is 888. The van der Waals surface area contributed by atoms with E-state index in [4.69, 9.17) is 16.6 Å². The lowest BCUT2D eigenvalue weighted by Crippen LogP contribution is -2.21. The van der Waals surface area contributed by atoms with E-state index in [1.807, 2.05) is 24.3 Å². The standard InChI is InChI=1S/C20H20ClN3OS/c1-3-24(4-2)20-23-18(13-26-20)14-8-10-17(11-9-14)22-19(25)15-6-5-7-16(21)12-15/h5-13H,3-4H2,1-2H3,(H,22,25). The highest BCUT2D eigenvalue weighted by molar-refractivity contribution is 7.14. The number of carbonyl (C=O) groups is 1. The van der Waals surface area contributed by atoms with Crippen LogP contribution in [0, 0.1) is 0 Å². The van der Waals surface area contributed by atoms with E-state index < -0.39 is 0 Å². The van der Waals surface area contributed by atoms with E-state index in [1.54, 1.807) is 35.6 Å². The largest absolute Gasteiger partial charge is 0.349 e. The number of halogens is 1. The van der Waals surface area contributed by atoms with Crippen LogP contribution in [0.4, 0.5) is 10.8 Å². The molecular weight excluding hydrogens is 366 g/mol. The quantitative estimate of drug-likeness (QED) is 0.604. The third-order valence-electron chi connectivity index (χ3n) is 4.05. The number of carbonyl (C=O) groups excluding carboxylic acids is 1. The summed E-state index contributed by atoms with van der Waals surface area (Å²) in [5.74, 6) is -0.183. The summed E-state index contributed by atoms with van der Waals surface area (Å²) in [5, 5.41) is 6.52. The third-order valence-corrected chi connectivity index (χ3v) is 5.19. The van der Waals surface area contributed by atoms with Crippen LogP contribution in [0.2, 0.25) is 5.02 Å². The zero-order valence-electron chi connectivity index (χ0n) is 14.7. The van der Waals surface area contributed by atoms with Crippen LogP contribution in [0.15, 0.2) is 53.9 Å². The normalized spacial score (nSPS) is 10.6. The summed E-state index contributed by atoms with van der Waals surface area (Å²) in [7, 11) is 0. The Morgan fingerprint density at radius 3 is 2.54 bits per heavy atom. The Balaban J connectivity index is 1.71. The molecule has 26 heavy (non-hydrogen) atoms. The van der Waals surface area contributed by atoms with E-state index in [2.05, 4.69) is 29.4 Å². The van der Waals surface area contributed by atoms with Gasteiger partial charge in [-0.05, 0) is 44.2 Å². The van der Waals surface area contributed by atoms with Gasteiger partial charge in [0.2, 0.25) is 0 Å². The van der Waals surface area contributed by atoms with E-state index in [-0.39, 0.29) is 5.91 Å². The van der Waals surface area contributed by atoms with Crippen molar-refractivity contribution >= 4 is 39.7 Å². The number of nitrogens with zero attached hydrogens (tertiary/aromatic N) is 2. The highest BCUT2D eigenvalue weighted by Gasteiger charge is 2.10. The number of anilines is 2. The molecule has 1 N–H and O–H groups in total. The van der Waals surface area contributed by atoms with E-state index >= 15 is 0 Å². The van der Waals surface area contributed by atoms with Crippen LogP contribution in [0.3, 0.4) is 0 Å². The van der Waals surface area contributed by atoms with Crippen molar-refractivity contribution in [2.75, 3.05) is 23.3 Å². The second-order valence-electron chi connectivity index (χ2n) is 5.73. The average Bonchev–Trinajstić information content (AvgIpc) is 3.13. The van der Waals surface area contributed by atoms with Gasteiger partial charge in [0, 0.05) is 40.3 Å². The molecule has 1 amide bonds. The van der Waals surface area contributed by atoms with Crippen LogP contribution < -0.4 is 10.2 Å². The first-order valence-corrected chi connectivity index (χ1v) is 9.74. The van der Waals surface area contributed by atoms with Crippen LogP contribution in [-0.2, 0) is 0 Å². The maximum absolute atomic E-state index is 12.3. The van der Waals surface area contributed by atoms with Crippen LogP contribution >= 0.6 is 22.9 Å². The topological polar surface area (TPSA) is 45.2 Å². The Morgan fingerprint density at radius 1 is 1.15 bits per heavy atom. The van der Waals surface area contributed by atoms with E-state index in [0.29, 0.717) is 10.6 Å². The number of rotatable bonds is 6. The fourth-order valence-corrected chi connectivity index (χ4v) is 3.75. The van der Waals surface area contributed by atoms with Crippen molar-refractivity contribution < 1.29 is 4.79 Å². The number of nitrogens with one attached hydrogen (secondary N) is 1. The zero-order valence-corrected chi connectivity index (χ0v) is 16.3. The number of amides is 1. The first-order valence-electron chi connectivity index (χ1n) is 8.48. The number of hydrogen-bond acceptors (Lipinski definition) is 4. The second-order valence-corrected chi connectivity index (χ2v) is 7.00. The van der Waals surface area contributed by atoms with Crippen molar-refractivity contribution in [3.8, 4) is 11.3 Å². The maximum atomic E-state index is 12.3. The Morgan fingerprint density at radius 2 is 1.88 bits per heavy atom. The molecule has 3 rings (SSSR count). The van der Waals surface area contributed by atoms with Gasteiger partial charge in [0.25, 0.3) is 5.91 Å². The molecule has 3 aromatic rings. The molecule has 0 fully saturated rings. The van der Waals surface area contributed by atoms with Crippen LogP contribution in [0.5, 0.6) is 0 Å². The lowest BCUT2D eigenvalue weighted by atomic mass is 10.1. The SMILES string of the molecule is CCN(CC)c1nc(-c2ccc(NC(=O)c3cccc(Cl)c3)cc2)cs1. The number of thiazole rings is 1. The lowest BCUT2D eigenvalue weighted by Gasteiger charge is -2.16. The van der Waals surface area contributed by atoms with Gasteiger partial charge in [0.05, 0.1) is 5.69 Å². The molecule has 0 radical (unpaired) electrons. The van der Waals surface area contributed by atoms with Crippen molar-refractivity contribution in [2.24, 2.45) is 0 Å². The molecule has 2 aromatic carbocycles. The first kappa shape index (κ1) is 18.4. The van der Waals surface area contributed by atoms with Crippen LogP contribution in [-0.4, -0.2) is 24.0 Å². The number of aromatic nitrogens is 1. The molecule has 0 spiro atoms. The minimum atomic E-state index is -0.183. The summed E-state index contributed by atoms with van der Waals surface area (Å²) in [6, 6.07) is 14.6. The molecule has 1 heterocycles. The van der Waals surface area contributed by atoms with Crippen molar-refractivity contribution in [3.05, 3.63) is 64.5 Å². The highest BCUT2D eigenvalue weighted by atomic mass is 35.5. The molecule has 0 saturated heterocycles. The molecule has 0 aliphatic rings. The zero-order chi connectivity index (χ0) is 18.5. The van der Waals surface area contributed by atoms with Gasteiger partial charge in [-0.2, -0.15) is 0 Å². The van der Waals surface area contributed by atoms with Gasteiger partial charge >= 0.3 is 0 Å². The minimum Gasteiger partial charge on any atom is -0.349 e. The second kappa shape index (κ2) is 8.34. The van der Waals surface area contributed by atoms with Gasteiger partial charge in [0.15, 0.2) is 5.13 Å². The van der Waals surface area contributed by atoms with E-state index in [1.165, 1.54) is 0 Å². The summed E-state index contributed by atoms with van der Waals surface area (Å²) in [4.78, 5) is 19.2. The highest BCUT2D eigenvalue weighted by Crippen LogP contribution is 2.28. The third kappa shape index (κ3) is 4.23. The predicted molar refractivity (Wildman–Crippen MR) is 111 cm³/mol. The fourth-order valence-electron chi connectivity index (χ4n) is 2.59. The molecule has 6 heteroatoms. The molecule has 0 atom stereocenters. The first-order chi connectivity index (χ1) is 12.6. The van der Waals surface area contributed by atoms with Gasteiger partial charge < -0.3 is 10.2 Å². The van der Waals surface area contributed by atoms with Crippen molar-refractivity contribution in [3.63, 3.8) is 0 Å². The average molecular weight is 386 g/mol. The summed E-state index contributed by atoms with van der Waals surface area (Å²) in [6.45, 7) is 6.14. The summed E-state index contributed by atoms with van der Waals surface area (Å²) < 4.78 is 0. The summed E-state index contributed by atoms with van der Waals surface area (Å²) >= 11 is 7.58. The van der Waals surface area contributed by atoms with Gasteiger partial charge in [0.1, 0.15) is 0 Å². The van der Waals surface area contributed by atoms with Crippen LogP contribution in [0.25, 0.3) is 11.3 Å². The van der Waals surface area contributed by atoms with Gasteiger partial charge in [-0.25, -0.2) is 4.98 Å². The smallest absolute Gasteiger partial charge is 0.255 e. The molecular formula is C20H20ClN3OS. The Hall–Kier alpha value is -2.37. The van der Waals surface area contributed by atoms with Crippen LogP contribution in [0.1, 0.15) is 24.2 Å². The van der Waals surface area contributed by atoms with Gasteiger partial charge in [-0.15, -0.1) is 11.3 Å². The van der Waals surface area contributed by atoms with Crippen molar-refractivity contribution in [1.82, 2.24) is 4.98 Å². The minimum absolute atomic E-state index is 0.183. The fraction of sp³-hybridized carbons (Fsp3) is 0.200.